The van der Waals surface area contributed by atoms with Crippen molar-refractivity contribution in [3.63, 3.8) is 0 Å². The number of benzene rings is 6. The third-order valence-electron chi connectivity index (χ3n) is 11.1. The normalized spacial score (nSPS) is 11.5. The van der Waals surface area contributed by atoms with Crippen LogP contribution < -0.4 is 0 Å². The van der Waals surface area contributed by atoms with Gasteiger partial charge in [0.2, 0.25) is 11.9 Å². The topological polar surface area (TPSA) is 126 Å². The second-order valence-corrected chi connectivity index (χ2v) is 14.8. The summed E-state index contributed by atoms with van der Waals surface area (Å²) in [4.78, 5) is 43.3. The first kappa shape index (κ1) is 35.1. The van der Waals surface area contributed by atoms with Gasteiger partial charge in [0.15, 0.2) is 23.3 Å². The van der Waals surface area contributed by atoms with Crippen LogP contribution in [0.4, 0.5) is 0 Å². The van der Waals surface area contributed by atoms with Crippen molar-refractivity contribution >= 4 is 43.6 Å². The van der Waals surface area contributed by atoms with Crippen molar-refractivity contribution in [2.45, 2.75) is 0 Å². The van der Waals surface area contributed by atoms with Gasteiger partial charge in [-0.25, -0.2) is 34.9 Å². The average molecular weight is 798 g/mol. The van der Waals surface area contributed by atoms with Gasteiger partial charge in [0, 0.05) is 57.5 Å². The van der Waals surface area contributed by atoms with Crippen molar-refractivity contribution in [1.82, 2.24) is 54.0 Å². The van der Waals surface area contributed by atoms with Crippen molar-refractivity contribution in [2.75, 3.05) is 0 Å². The van der Waals surface area contributed by atoms with Crippen LogP contribution in [0.15, 0.2) is 189 Å². The van der Waals surface area contributed by atoms with E-state index in [9.17, 15) is 0 Å². The van der Waals surface area contributed by atoms with Crippen LogP contribution in [-0.2, 0) is 0 Å². The molecule has 0 amide bonds. The van der Waals surface area contributed by atoms with Gasteiger partial charge in [-0.15, -0.1) is 0 Å². The van der Waals surface area contributed by atoms with E-state index in [1.54, 1.807) is 36.9 Å². The highest BCUT2D eigenvalue weighted by molar-refractivity contribution is 6.12. The summed E-state index contributed by atoms with van der Waals surface area (Å²) < 4.78 is 4.24. The molecule has 6 heterocycles. The third-order valence-corrected chi connectivity index (χ3v) is 11.1. The Balaban J connectivity index is 1.02. The van der Waals surface area contributed by atoms with E-state index in [-0.39, 0.29) is 0 Å². The van der Waals surface area contributed by atoms with Crippen molar-refractivity contribution in [3.8, 4) is 68.8 Å². The van der Waals surface area contributed by atoms with E-state index in [1.807, 2.05) is 72.8 Å². The number of hydrogen-bond acceptors (Lipinski definition) is 9. The monoisotopic (exact) mass is 797 g/mol. The van der Waals surface area contributed by atoms with Gasteiger partial charge >= 0.3 is 0 Å². The Kier molecular flexibility index (Phi) is 8.20. The summed E-state index contributed by atoms with van der Waals surface area (Å²) in [6, 6.07) is 55.4. The predicted octanol–water partition coefficient (Wildman–Crippen LogP) is 10.8. The van der Waals surface area contributed by atoms with Gasteiger partial charge in [0.1, 0.15) is 11.4 Å². The molecule has 0 spiro atoms. The Morgan fingerprint density at radius 2 is 0.677 bits per heavy atom. The van der Waals surface area contributed by atoms with Crippen molar-refractivity contribution < 1.29 is 0 Å². The maximum atomic E-state index is 5.10. The number of hydrogen-bond donors (Lipinski definition) is 0. The zero-order chi connectivity index (χ0) is 41.0. The smallest absolute Gasteiger partial charge is 0.238 e. The summed E-state index contributed by atoms with van der Waals surface area (Å²) in [6.07, 6.45) is 6.82. The molecule has 0 saturated carbocycles. The van der Waals surface area contributed by atoms with Crippen LogP contribution in [0, 0.1) is 0 Å². The molecule has 0 bridgehead atoms. The number of fused-ring (bicyclic) bond motifs is 6. The highest BCUT2D eigenvalue weighted by Crippen LogP contribution is 2.38. The molecular weight excluding hydrogens is 767 g/mol. The number of aromatic nitrogens is 11. The molecule has 12 rings (SSSR count). The highest BCUT2D eigenvalue weighted by atomic mass is 15.2. The first-order chi connectivity index (χ1) is 30.7. The Hall–Kier alpha value is -8.83. The summed E-state index contributed by atoms with van der Waals surface area (Å²) in [7, 11) is 0. The SMILES string of the molecule is c1ccc(-c2nc(-c3ccccc3)nc(-n3c4ccccc4c4cc(-c5ccc6c(c5)c5ccccc5n6-c5nc(-c6ncccn6)cc(-c6ncccn6)n5)ccc43)n2)cc1. The van der Waals surface area contributed by atoms with E-state index in [0.29, 0.717) is 46.6 Å². The summed E-state index contributed by atoms with van der Waals surface area (Å²) in [5.74, 6) is 3.21. The van der Waals surface area contributed by atoms with Gasteiger partial charge in [-0.2, -0.15) is 9.97 Å². The van der Waals surface area contributed by atoms with E-state index in [4.69, 9.17) is 24.9 Å². The van der Waals surface area contributed by atoms with E-state index < -0.39 is 0 Å². The fraction of sp³-hybridized carbons (Fsp3) is 0. The minimum Gasteiger partial charge on any atom is -0.278 e. The van der Waals surface area contributed by atoms with Gasteiger partial charge in [-0.3, -0.25) is 9.13 Å². The van der Waals surface area contributed by atoms with E-state index in [2.05, 4.69) is 108 Å². The number of rotatable bonds is 7. The van der Waals surface area contributed by atoms with E-state index in [0.717, 1.165) is 65.9 Å². The van der Waals surface area contributed by atoms with Gasteiger partial charge in [-0.05, 0) is 65.7 Å². The highest BCUT2D eigenvalue weighted by Gasteiger charge is 2.21. The Morgan fingerprint density at radius 3 is 1.15 bits per heavy atom. The largest absolute Gasteiger partial charge is 0.278 e. The van der Waals surface area contributed by atoms with E-state index >= 15 is 0 Å². The quantitative estimate of drug-likeness (QED) is 0.155. The van der Waals surface area contributed by atoms with Crippen LogP contribution in [0.25, 0.3) is 112 Å². The van der Waals surface area contributed by atoms with Crippen LogP contribution >= 0.6 is 0 Å². The second kappa shape index (κ2) is 14.5. The van der Waals surface area contributed by atoms with Crippen LogP contribution in [0.1, 0.15) is 0 Å². The van der Waals surface area contributed by atoms with Crippen LogP contribution in [0.5, 0.6) is 0 Å². The molecule has 0 unspecified atom stereocenters. The lowest BCUT2D eigenvalue weighted by Crippen LogP contribution is -2.06. The van der Waals surface area contributed by atoms with Gasteiger partial charge in [0.05, 0.1) is 22.1 Å². The lowest BCUT2D eigenvalue weighted by Gasteiger charge is -2.11. The Labute approximate surface area is 353 Å². The maximum Gasteiger partial charge on any atom is 0.238 e. The van der Waals surface area contributed by atoms with Gasteiger partial charge in [-0.1, -0.05) is 109 Å². The molecule has 0 saturated heterocycles. The molecule has 62 heavy (non-hydrogen) atoms. The first-order valence-corrected chi connectivity index (χ1v) is 20.1. The summed E-state index contributed by atoms with van der Waals surface area (Å²) in [5, 5.41) is 4.33. The van der Waals surface area contributed by atoms with Gasteiger partial charge < -0.3 is 0 Å². The molecule has 0 radical (unpaired) electrons. The zero-order valence-corrected chi connectivity index (χ0v) is 32.8. The minimum absolute atomic E-state index is 0.467. The number of nitrogens with zero attached hydrogens (tertiary/aromatic N) is 11. The molecule has 11 heteroatoms. The molecule has 11 nitrogen and oxygen atoms in total. The van der Waals surface area contributed by atoms with Crippen LogP contribution in [-0.4, -0.2) is 54.0 Å². The average Bonchev–Trinajstić information content (AvgIpc) is 3.87. The van der Waals surface area contributed by atoms with Crippen molar-refractivity contribution in [2.24, 2.45) is 0 Å². The molecule has 0 aliphatic heterocycles. The molecule has 0 aliphatic carbocycles. The fourth-order valence-electron chi connectivity index (χ4n) is 8.26. The first-order valence-electron chi connectivity index (χ1n) is 20.1. The molecule has 0 aliphatic rings. The lowest BCUT2D eigenvalue weighted by molar-refractivity contribution is 0.953. The van der Waals surface area contributed by atoms with Crippen molar-refractivity contribution in [3.05, 3.63) is 189 Å². The number of para-hydroxylation sites is 2. The lowest BCUT2D eigenvalue weighted by atomic mass is 10.0. The molecule has 6 aromatic heterocycles. The molecule has 290 valence electrons. The van der Waals surface area contributed by atoms with Gasteiger partial charge in [0.25, 0.3) is 0 Å². The predicted molar refractivity (Wildman–Crippen MR) is 242 cm³/mol. The molecular formula is C51H31N11. The van der Waals surface area contributed by atoms with Crippen LogP contribution in [0.2, 0.25) is 0 Å². The Bertz CT molecular complexity index is 3270. The fourth-order valence-corrected chi connectivity index (χ4v) is 8.26. The summed E-state index contributed by atoms with van der Waals surface area (Å²) in [5.41, 5.74) is 9.04. The summed E-state index contributed by atoms with van der Waals surface area (Å²) in [6.45, 7) is 0. The molecule has 0 atom stereocenters. The molecule has 6 aromatic carbocycles. The van der Waals surface area contributed by atoms with E-state index in [1.165, 1.54) is 0 Å². The van der Waals surface area contributed by atoms with Crippen LogP contribution in [0.3, 0.4) is 0 Å². The standard InChI is InChI=1S/C51H31N11/c1-3-13-32(14-4-1)46-58-47(33-15-5-2-6-16-33)60-51(59-46)62-43-20-10-8-18-37(43)39-30-35(22-24-45(39)62)34-21-23-44-38(29-34)36-17-7-9-19-42(36)61(44)50-56-40(48-52-25-11-26-53-48)31-41(57-50)49-54-27-12-28-55-49/h1-31H. The molecule has 0 fully saturated rings. The second-order valence-electron chi connectivity index (χ2n) is 14.8. The Morgan fingerprint density at radius 1 is 0.274 bits per heavy atom. The van der Waals surface area contributed by atoms with Crippen molar-refractivity contribution in [1.29, 1.82) is 0 Å². The minimum atomic E-state index is 0.467. The summed E-state index contributed by atoms with van der Waals surface area (Å²) >= 11 is 0. The third kappa shape index (κ3) is 5.95. The zero-order valence-electron chi connectivity index (χ0n) is 32.8. The maximum absolute atomic E-state index is 5.10. The molecule has 0 N–H and O–H groups in total. The molecule has 12 aromatic rings.